The Hall–Kier alpha value is -0.870. The Bertz CT molecular complexity index is 394. The summed E-state index contributed by atoms with van der Waals surface area (Å²) >= 11 is 0. The maximum Gasteiger partial charge on any atom is 0.0774 e. The van der Waals surface area contributed by atoms with Crippen molar-refractivity contribution < 1.29 is 5.11 Å². The SMILES string of the molecule is CCN(Cc1cnn(C)c1)CC1(O)CCC(C)CC1. The van der Waals surface area contributed by atoms with E-state index in [1.807, 2.05) is 17.9 Å². The molecule has 0 saturated heterocycles. The van der Waals surface area contributed by atoms with E-state index in [0.29, 0.717) is 0 Å². The Morgan fingerprint density at radius 2 is 2.16 bits per heavy atom. The number of aliphatic hydroxyl groups is 1. The van der Waals surface area contributed by atoms with Crippen molar-refractivity contribution in [3.05, 3.63) is 18.0 Å². The van der Waals surface area contributed by atoms with Gasteiger partial charge in [-0.1, -0.05) is 13.8 Å². The van der Waals surface area contributed by atoms with Crippen LogP contribution in [0.4, 0.5) is 0 Å². The Labute approximate surface area is 116 Å². The minimum Gasteiger partial charge on any atom is -0.389 e. The number of hydrogen-bond donors (Lipinski definition) is 1. The molecule has 0 spiro atoms. The molecule has 0 aliphatic heterocycles. The van der Waals surface area contributed by atoms with Gasteiger partial charge in [0.1, 0.15) is 0 Å². The number of hydrogen-bond acceptors (Lipinski definition) is 3. The van der Waals surface area contributed by atoms with Crippen molar-refractivity contribution in [2.45, 2.75) is 51.7 Å². The molecule has 1 saturated carbocycles. The molecule has 1 fully saturated rings. The summed E-state index contributed by atoms with van der Waals surface area (Å²) in [5.41, 5.74) is 0.738. The van der Waals surface area contributed by atoms with Crippen molar-refractivity contribution in [1.29, 1.82) is 0 Å². The zero-order chi connectivity index (χ0) is 13.9. The third-order valence-electron chi connectivity index (χ3n) is 4.33. The molecular formula is C15H27N3O. The molecule has 1 N–H and O–H groups in total. The van der Waals surface area contributed by atoms with E-state index in [2.05, 4.69) is 30.0 Å². The zero-order valence-electron chi connectivity index (χ0n) is 12.5. The minimum absolute atomic E-state index is 0.481. The first-order valence-electron chi connectivity index (χ1n) is 7.43. The molecule has 2 rings (SSSR count). The Morgan fingerprint density at radius 1 is 1.47 bits per heavy atom. The molecule has 1 aromatic rings. The van der Waals surface area contributed by atoms with Crippen LogP contribution in [0.15, 0.2) is 12.4 Å². The van der Waals surface area contributed by atoms with Gasteiger partial charge in [-0.15, -0.1) is 0 Å². The number of likely N-dealkylation sites (N-methyl/N-ethyl adjacent to an activating group) is 1. The van der Waals surface area contributed by atoms with Gasteiger partial charge >= 0.3 is 0 Å². The van der Waals surface area contributed by atoms with Crippen molar-refractivity contribution in [1.82, 2.24) is 14.7 Å². The fourth-order valence-electron chi connectivity index (χ4n) is 2.97. The summed E-state index contributed by atoms with van der Waals surface area (Å²) < 4.78 is 1.83. The normalized spacial score (nSPS) is 27.9. The van der Waals surface area contributed by atoms with Gasteiger partial charge in [-0.2, -0.15) is 5.10 Å². The van der Waals surface area contributed by atoms with Gasteiger partial charge in [0.25, 0.3) is 0 Å². The molecule has 4 nitrogen and oxygen atoms in total. The van der Waals surface area contributed by atoms with Gasteiger partial charge < -0.3 is 5.11 Å². The highest BCUT2D eigenvalue weighted by Gasteiger charge is 2.33. The minimum atomic E-state index is -0.481. The molecule has 4 heteroatoms. The Balaban J connectivity index is 1.91. The summed E-state index contributed by atoms with van der Waals surface area (Å²) in [6.07, 6.45) is 8.16. The van der Waals surface area contributed by atoms with E-state index in [1.165, 1.54) is 5.56 Å². The van der Waals surface area contributed by atoms with Crippen molar-refractivity contribution in [3.8, 4) is 0 Å². The third-order valence-corrected chi connectivity index (χ3v) is 4.33. The van der Waals surface area contributed by atoms with E-state index in [9.17, 15) is 5.11 Å². The highest BCUT2D eigenvalue weighted by atomic mass is 16.3. The van der Waals surface area contributed by atoms with Crippen LogP contribution in [0.1, 0.15) is 45.1 Å². The maximum absolute atomic E-state index is 10.7. The average molecular weight is 265 g/mol. The first-order valence-corrected chi connectivity index (χ1v) is 7.43. The van der Waals surface area contributed by atoms with Crippen LogP contribution in [0.3, 0.4) is 0 Å². The van der Waals surface area contributed by atoms with E-state index in [-0.39, 0.29) is 0 Å². The van der Waals surface area contributed by atoms with Crippen LogP contribution in [0.5, 0.6) is 0 Å². The molecule has 0 amide bonds. The predicted octanol–water partition coefficient (Wildman–Crippen LogP) is 2.18. The summed E-state index contributed by atoms with van der Waals surface area (Å²) in [4.78, 5) is 2.33. The Kier molecular flexibility index (Phi) is 4.63. The molecule has 1 aromatic heterocycles. The fraction of sp³-hybridized carbons (Fsp3) is 0.800. The monoisotopic (exact) mass is 265 g/mol. The van der Waals surface area contributed by atoms with Crippen molar-refractivity contribution in [2.75, 3.05) is 13.1 Å². The summed E-state index contributed by atoms with van der Waals surface area (Å²) in [5, 5.41) is 14.9. The quantitative estimate of drug-likeness (QED) is 0.887. The molecule has 0 atom stereocenters. The van der Waals surface area contributed by atoms with Gasteiger partial charge in [0.15, 0.2) is 0 Å². The van der Waals surface area contributed by atoms with Gasteiger partial charge in [0.05, 0.1) is 11.8 Å². The van der Waals surface area contributed by atoms with Crippen molar-refractivity contribution >= 4 is 0 Å². The lowest BCUT2D eigenvalue weighted by atomic mass is 9.79. The molecule has 1 heterocycles. The van der Waals surface area contributed by atoms with Gasteiger partial charge in [-0.3, -0.25) is 9.58 Å². The fourth-order valence-corrected chi connectivity index (χ4v) is 2.97. The molecule has 0 unspecified atom stereocenters. The molecule has 0 aromatic carbocycles. The molecule has 1 aliphatic carbocycles. The van der Waals surface area contributed by atoms with E-state index in [4.69, 9.17) is 0 Å². The van der Waals surface area contributed by atoms with Gasteiger partial charge in [0.2, 0.25) is 0 Å². The highest BCUT2D eigenvalue weighted by Crippen LogP contribution is 2.32. The molecule has 19 heavy (non-hydrogen) atoms. The zero-order valence-corrected chi connectivity index (χ0v) is 12.5. The predicted molar refractivity (Wildman–Crippen MR) is 76.7 cm³/mol. The van der Waals surface area contributed by atoms with Crippen LogP contribution < -0.4 is 0 Å². The van der Waals surface area contributed by atoms with Crippen LogP contribution in [-0.4, -0.2) is 38.5 Å². The second-order valence-corrected chi connectivity index (χ2v) is 6.23. The summed E-state index contributed by atoms with van der Waals surface area (Å²) in [5.74, 6) is 0.772. The summed E-state index contributed by atoms with van der Waals surface area (Å²) in [7, 11) is 1.94. The topological polar surface area (TPSA) is 41.3 Å². The van der Waals surface area contributed by atoms with Crippen LogP contribution >= 0.6 is 0 Å². The second-order valence-electron chi connectivity index (χ2n) is 6.23. The number of rotatable bonds is 5. The first kappa shape index (κ1) is 14.5. The van der Waals surface area contributed by atoms with Gasteiger partial charge in [0, 0.05) is 31.9 Å². The largest absolute Gasteiger partial charge is 0.389 e. The molecule has 0 bridgehead atoms. The lowest BCUT2D eigenvalue weighted by Gasteiger charge is -2.38. The number of nitrogens with zero attached hydrogens (tertiary/aromatic N) is 3. The molecule has 108 valence electrons. The molecular weight excluding hydrogens is 238 g/mol. The van der Waals surface area contributed by atoms with Crippen molar-refractivity contribution in [3.63, 3.8) is 0 Å². The Morgan fingerprint density at radius 3 is 2.68 bits per heavy atom. The average Bonchev–Trinajstić information content (AvgIpc) is 2.78. The smallest absolute Gasteiger partial charge is 0.0774 e. The van der Waals surface area contributed by atoms with Crippen LogP contribution in [0.25, 0.3) is 0 Å². The van der Waals surface area contributed by atoms with Gasteiger partial charge in [-0.05, 0) is 38.1 Å². The van der Waals surface area contributed by atoms with Crippen LogP contribution in [-0.2, 0) is 13.6 Å². The molecule has 1 aliphatic rings. The lowest BCUT2D eigenvalue weighted by Crippen LogP contribution is -2.45. The highest BCUT2D eigenvalue weighted by molar-refractivity contribution is 5.03. The van der Waals surface area contributed by atoms with E-state index < -0.39 is 5.60 Å². The number of aryl methyl sites for hydroxylation is 1. The van der Waals surface area contributed by atoms with Crippen LogP contribution in [0.2, 0.25) is 0 Å². The third kappa shape index (κ3) is 4.05. The maximum atomic E-state index is 10.7. The van der Waals surface area contributed by atoms with E-state index >= 15 is 0 Å². The molecule has 0 radical (unpaired) electrons. The van der Waals surface area contributed by atoms with Gasteiger partial charge in [-0.25, -0.2) is 0 Å². The first-order chi connectivity index (χ1) is 9.00. The standard InChI is InChI=1S/C15H27N3O/c1-4-18(11-14-9-16-17(3)10-14)12-15(19)7-5-13(2)6-8-15/h9-10,13,19H,4-8,11-12H2,1-3H3. The van der Waals surface area contributed by atoms with Crippen LogP contribution in [0, 0.1) is 5.92 Å². The summed E-state index contributed by atoms with van der Waals surface area (Å²) in [6, 6.07) is 0. The lowest BCUT2D eigenvalue weighted by molar-refractivity contribution is -0.0358. The van der Waals surface area contributed by atoms with E-state index in [1.54, 1.807) is 0 Å². The second kappa shape index (κ2) is 6.06. The summed E-state index contributed by atoms with van der Waals surface area (Å²) in [6.45, 7) is 7.07. The number of aromatic nitrogens is 2. The van der Waals surface area contributed by atoms with E-state index in [0.717, 1.165) is 51.2 Å². The van der Waals surface area contributed by atoms with Crippen molar-refractivity contribution in [2.24, 2.45) is 13.0 Å².